The number of amides is 2. The lowest BCUT2D eigenvalue weighted by Crippen LogP contribution is -2.19. The molecule has 0 aliphatic rings. The van der Waals surface area contributed by atoms with Crippen LogP contribution in [0.1, 0.15) is 0 Å². The quantitative estimate of drug-likeness (QED) is 0.425. The van der Waals surface area contributed by atoms with Gasteiger partial charge in [0, 0.05) is 34.5 Å². The van der Waals surface area contributed by atoms with Gasteiger partial charge in [-0.1, -0.05) is 0 Å². The second-order valence-corrected chi connectivity index (χ2v) is 5.83. The number of ether oxygens (including phenoxy) is 1. The van der Waals surface area contributed by atoms with Crippen LogP contribution in [0.5, 0.6) is 5.75 Å². The predicted molar refractivity (Wildman–Crippen MR) is 103 cm³/mol. The number of carbonyl (C=O) groups is 1. The molecule has 2 aromatic carbocycles. The number of fused-ring (bicyclic) bond motifs is 3. The molecular weight excluding hydrogens is 346 g/mol. The van der Waals surface area contributed by atoms with Crippen molar-refractivity contribution in [1.82, 2.24) is 4.98 Å². The molecule has 0 fully saturated rings. The number of urea groups is 1. The van der Waals surface area contributed by atoms with E-state index in [2.05, 4.69) is 15.6 Å². The van der Waals surface area contributed by atoms with Crippen molar-refractivity contribution in [2.75, 3.05) is 17.7 Å². The summed E-state index contributed by atoms with van der Waals surface area (Å²) in [5.41, 5.74) is 1.20. The monoisotopic (exact) mass is 361 g/mol. The Labute approximate surface area is 153 Å². The first-order valence-corrected chi connectivity index (χ1v) is 8.17. The van der Waals surface area contributed by atoms with Gasteiger partial charge in [-0.15, -0.1) is 0 Å². The maximum absolute atomic E-state index is 12.2. The maximum atomic E-state index is 12.2. The molecule has 2 N–H and O–H groups in total. The molecule has 7 heteroatoms. The van der Waals surface area contributed by atoms with E-state index in [4.69, 9.17) is 9.15 Å². The van der Waals surface area contributed by atoms with E-state index < -0.39 is 5.63 Å². The Bertz CT molecular complexity index is 1200. The van der Waals surface area contributed by atoms with E-state index in [1.807, 2.05) is 0 Å². The fraction of sp³-hybridized carbons (Fsp3) is 0.0500. The number of nitrogens with one attached hydrogen (secondary N) is 2. The van der Waals surface area contributed by atoms with Crippen molar-refractivity contribution in [1.29, 1.82) is 0 Å². The van der Waals surface area contributed by atoms with Crippen LogP contribution in [-0.4, -0.2) is 18.1 Å². The first-order valence-electron chi connectivity index (χ1n) is 8.17. The molecule has 0 atom stereocenters. The van der Waals surface area contributed by atoms with Gasteiger partial charge in [-0.05, 0) is 48.5 Å². The summed E-state index contributed by atoms with van der Waals surface area (Å²) in [6.45, 7) is 0. The van der Waals surface area contributed by atoms with E-state index >= 15 is 0 Å². The third-order valence-electron chi connectivity index (χ3n) is 4.12. The Hall–Kier alpha value is -3.87. The number of hydrogen-bond acceptors (Lipinski definition) is 5. The summed E-state index contributed by atoms with van der Waals surface area (Å²) in [4.78, 5) is 28.3. The summed E-state index contributed by atoms with van der Waals surface area (Å²) in [7, 11) is 1.56. The van der Waals surface area contributed by atoms with Crippen LogP contribution >= 0.6 is 0 Å². The van der Waals surface area contributed by atoms with Gasteiger partial charge in [0.1, 0.15) is 11.3 Å². The van der Waals surface area contributed by atoms with Gasteiger partial charge in [-0.3, -0.25) is 4.98 Å². The molecule has 134 valence electrons. The Balaban J connectivity index is 1.72. The molecule has 0 radical (unpaired) electrons. The largest absolute Gasteiger partial charge is 0.497 e. The number of pyridine rings is 1. The van der Waals surface area contributed by atoms with E-state index in [1.165, 1.54) is 0 Å². The third-order valence-corrected chi connectivity index (χ3v) is 4.12. The van der Waals surface area contributed by atoms with Crippen molar-refractivity contribution < 1.29 is 13.9 Å². The van der Waals surface area contributed by atoms with Crippen molar-refractivity contribution in [2.24, 2.45) is 0 Å². The lowest BCUT2D eigenvalue weighted by Gasteiger charge is -2.09. The van der Waals surface area contributed by atoms with Gasteiger partial charge < -0.3 is 19.8 Å². The Kier molecular flexibility index (Phi) is 4.18. The summed E-state index contributed by atoms with van der Waals surface area (Å²) in [6, 6.07) is 13.2. The predicted octanol–water partition coefficient (Wildman–Crippen LogP) is 3.99. The zero-order valence-corrected chi connectivity index (χ0v) is 14.4. The molecule has 4 aromatic rings. The minimum atomic E-state index is -0.420. The molecule has 0 unspecified atom stereocenters. The van der Waals surface area contributed by atoms with Crippen LogP contribution in [0.3, 0.4) is 0 Å². The highest BCUT2D eigenvalue weighted by Gasteiger charge is 2.10. The molecule has 0 saturated heterocycles. The van der Waals surface area contributed by atoms with E-state index in [0.717, 1.165) is 0 Å². The summed E-state index contributed by atoms with van der Waals surface area (Å²) in [5, 5.41) is 7.33. The van der Waals surface area contributed by atoms with Crippen molar-refractivity contribution in [3.63, 3.8) is 0 Å². The first-order chi connectivity index (χ1) is 13.1. The molecule has 4 rings (SSSR count). The Morgan fingerprint density at radius 2 is 1.70 bits per heavy atom. The fourth-order valence-electron chi connectivity index (χ4n) is 2.84. The highest BCUT2D eigenvalue weighted by atomic mass is 16.5. The van der Waals surface area contributed by atoms with E-state index in [0.29, 0.717) is 38.9 Å². The van der Waals surface area contributed by atoms with Crippen LogP contribution in [0.25, 0.3) is 21.7 Å². The number of anilines is 2. The van der Waals surface area contributed by atoms with Crippen LogP contribution in [-0.2, 0) is 0 Å². The Morgan fingerprint density at radius 1 is 0.926 bits per heavy atom. The summed E-state index contributed by atoms with van der Waals surface area (Å²) >= 11 is 0. The van der Waals surface area contributed by atoms with Crippen molar-refractivity contribution in [2.45, 2.75) is 0 Å². The lowest BCUT2D eigenvalue weighted by atomic mass is 10.1. The van der Waals surface area contributed by atoms with E-state index in [1.54, 1.807) is 68.0 Å². The highest BCUT2D eigenvalue weighted by Crippen LogP contribution is 2.28. The third kappa shape index (κ3) is 3.30. The smallest absolute Gasteiger partial charge is 0.344 e. The SMILES string of the molecule is COc1ccc2c(=O)oc3ccc(NC(=O)Nc4ccncc4)cc3c2c1. The molecule has 0 bridgehead atoms. The normalized spacial score (nSPS) is 10.7. The minimum absolute atomic E-state index is 0.389. The number of nitrogens with zero attached hydrogens (tertiary/aromatic N) is 1. The average Bonchev–Trinajstić information content (AvgIpc) is 2.69. The second-order valence-electron chi connectivity index (χ2n) is 5.83. The van der Waals surface area contributed by atoms with E-state index in [9.17, 15) is 9.59 Å². The molecule has 0 spiro atoms. The van der Waals surface area contributed by atoms with Gasteiger partial charge in [-0.25, -0.2) is 9.59 Å². The van der Waals surface area contributed by atoms with Crippen LogP contribution in [0.4, 0.5) is 16.2 Å². The topological polar surface area (TPSA) is 93.5 Å². The van der Waals surface area contributed by atoms with Crippen molar-refractivity contribution in [3.05, 3.63) is 71.3 Å². The average molecular weight is 361 g/mol. The number of carbonyl (C=O) groups excluding carboxylic acids is 1. The van der Waals surface area contributed by atoms with E-state index in [-0.39, 0.29) is 6.03 Å². The molecule has 0 saturated carbocycles. The Morgan fingerprint density at radius 3 is 2.48 bits per heavy atom. The number of aromatic nitrogens is 1. The standard InChI is InChI=1S/C20H15N3O4/c1-26-14-3-4-15-16(11-14)17-10-13(2-5-18(17)27-19(15)24)23-20(25)22-12-6-8-21-9-7-12/h2-11H,1H3,(H2,21,22,23,25). The molecule has 0 aliphatic heterocycles. The highest BCUT2D eigenvalue weighted by molar-refractivity contribution is 6.07. The number of rotatable bonds is 3. The summed E-state index contributed by atoms with van der Waals surface area (Å²) in [5.74, 6) is 0.628. The minimum Gasteiger partial charge on any atom is -0.497 e. The summed E-state index contributed by atoms with van der Waals surface area (Å²) in [6.07, 6.45) is 3.18. The molecule has 27 heavy (non-hydrogen) atoms. The van der Waals surface area contributed by atoms with Gasteiger partial charge in [-0.2, -0.15) is 0 Å². The molecule has 0 aliphatic carbocycles. The maximum Gasteiger partial charge on any atom is 0.344 e. The molecule has 2 amide bonds. The van der Waals surface area contributed by atoms with Gasteiger partial charge in [0.15, 0.2) is 0 Å². The number of methoxy groups -OCH3 is 1. The van der Waals surface area contributed by atoms with Crippen LogP contribution in [0, 0.1) is 0 Å². The van der Waals surface area contributed by atoms with Crippen molar-refractivity contribution >= 4 is 39.1 Å². The molecule has 2 aromatic heterocycles. The van der Waals surface area contributed by atoms with Crippen LogP contribution in [0.15, 0.2) is 70.1 Å². The van der Waals surface area contributed by atoms with Crippen LogP contribution < -0.4 is 21.0 Å². The van der Waals surface area contributed by atoms with Crippen molar-refractivity contribution in [3.8, 4) is 5.75 Å². The second kappa shape index (κ2) is 6.80. The zero-order chi connectivity index (χ0) is 18.8. The number of hydrogen-bond donors (Lipinski definition) is 2. The van der Waals surface area contributed by atoms with Gasteiger partial charge in [0.25, 0.3) is 0 Å². The number of benzene rings is 2. The van der Waals surface area contributed by atoms with Gasteiger partial charge in [0.2, 0.25) is 0 Å². The summed E-state index contributed by atoms with van der Waals surface area (Å²) < 4.78 is 10.6. The lowest BCUT2D eigenvalue weighted by molar-refractivity contribution is 0.262. The molecule has 2 heterocycles. The van der Waals surface area contributed by atoms with Gasteiger partial charge >= 0.3 is 11.7 Å². The van der Waals surface area contributed by atoms with Crippen LogP contribution in [0.2, 0.25) is 0 Å². The van der Waals surface area contributed by atoms with Gasteiger partial charge in [0.05, 0.1) is 12.5 Å². The fourth-order valence-corrected chi connectivity index (χ4v) is 2.84. The molecular formula is C20H15N3O4. The zero-order valence-electron chi connectivity index (χ0n) is 14.4. The first kappa shape index (κ1) is 16.6. The molecule has 7 nitrogen and oxygen atoms in total.